The fourth-order valence-electron chi connectivity index (χ4n) is 3.65. The molecule has 0 aliphatic carbocycles. The predicted octanol–water partition coefficient (Wildman–Crippen LogP) is 5.54. The van der Waals surface area contributed by atoms with Gasteiger partial charge in [-0.05, 0) is 47.5 Å². The van der Waals surface area contributed by atoms with Crippen LogP contribution in [0.3, 0.4) is 0 Å². The Morgan fingerprint density at radius 2 is 1.91 bits per heavy atom. The molecule has 3 aromatic carbocycles. The normalized spacial score (nSPS) is 11.2. The number of methoxy groups -OCH3 is 1. The summed E-state index contributed by atoms with van der Waals surface area (Å²) in [4.78, 5) is 16.4. The Bertz CT molecular complexity index is 1530. The first-order chi connectivity index (χ1) is 15.9. The van der Waals surface area contributed by atoms with Crippen LogP contribution >= 0.6 is 11.6 Å². The summed E-state index contributed by atoms with van der Waals surface area (Å²) in [6.07, 6.45) is 1.56. The van der Waals surface area contributed by atoms with E-state index < -0.39 is 5.97 Å². The topological polar surface area (TPSA) is 83.0 Å². The number of oxazole rings is 1. The Hall–Kier alpha value is -4.04. The zero-order valence-electron chi connectivity index (χ0n) is 17.5. The summed E-state index contributed by atoms with van der Waals surface area (Å²) in [5.74, 6) is -0.0159. The van der Waals surface area contributed by atoms with Gasteiger partial charge in [0.2, 0.25) is 5.89 Å². The lowest BCUT2D eigenvalue weighted by molar-refractivity contribution is 0.0601. The van der Waals surface area contributed by atoms with Crippen LogP contribution in [0, 0.1) is 5.82 Å². The molecule has 0 aliphatic rings. The van der Waals surface area contributed by atoms with Crippen LogP contribution < -0.4 is 0 Å². The number of hydrogen-bond donors (Lipinski definition) is 0. The Balaban J connectivity index is 1.62. The molecule has 2 heterocycles. The summed E-state index contributed by atoms with van der Waals surface area (Å²) in [5, 5.41) is 8.29. The van der Waals surface area contributed by atoms with Crippen LogP contribution in [0.15, 0.2) is 65.3 Å². The highest BCUT2D eigenvalue weighted by atomic mass is 35.5. The van der Waals surface area contributed by atoms with E-state index in [1.807, 2.05) is 24.3 Å². The Kier molecular flexibility index (Phi) is 5.14. The van der Waals surface area contributed by atoms with Crippen molar-refractivity contribution < 1.29 is 18.3 Å². The quantitative estimate of drug-likeness (QED) is 0.326. The van der Waals surface area contributed by atoms with Gasteiger partial charge in [-0.1, -0.05) is 29.8 Å². The van der Waals surface area contributed by atoms with Crippen molar-refractivity contribution in [2.24, 2.45) is 7.05 Å². The third kappa shape index (κ3) is 3.74. The number of carbonyl (C=O) groups is 1. The molecule has 0 N–H and O–H groups in total. The number of rotatable bonds is 4. The van der Waals surface area contributed by atoms with Crippen LogP contribution in [-0.2, 0) is 11.8 Å². The fourth-order valence-corrected chi connectivity index (χ4v) is 3.90. The maximum Gasteiger partial charge on any atom is 0.337 e. The molecule has 0 radical (unpaired) electrons. The average Bonchev–Trinajstić information content (AvgIpc) is 3.45. The van der Waals surface area contributed by atoms with Gasteiger partial charge in [-0.15, -0.1) is 10.2 Å². The number of fused-ring (bicyclic) bond motifs is 1. The average molecular weight is 463 g/mol. The van der Waals surface area contributed by atoms with Gasteiger partial charge >= 0.3 is 5.97 Å². The molecule has 7 nitrogen and oxygen atoms in total. The van der Waals surface area contributed by atoms with Crippen molar-refractivity contribution in [3.63, 3.8) is 0 Å². The summed E-state index contributed by atoms with van der Waals surface area (Å²) in [6, 6.07) is 15.1. The number of ether oxygens (including phenoxy) is 1. The maximum atomic E-state index is 14.1. The third-order valence-corrected chi connectivity index (χ3v) is 5.50. The highest BCUT2D eigenvalue weighted by Crippen LogP contribution is 2.35. The highest BCUT2D eigenvalue weighted by molar-refractivity contribution is 6.35. The number of hydrogen-bond acceptors (Lipinski definition) is 6. The first-order valence-corrected chi connectivity index (χ1v) is 10.3. The van der Waals surface area contributed by atoms with Crippen LogP contribution in [0.1, 0.15) is 10.4 Å². The molecule has 2 aromatic heterocycles. The second-order valence-corrected chi connectivity index (χ2v) is 7.76. The molecule has 0 saturated heterocycles. The van der Waals surface area contributed by atoms with E-state index in [4.69, 9.17) is 20.8 Å². The molecule has 5 aromatic rings. The van der Waals surface area contributed by atoms with E-state index in [0.29, 0.717) is 33.9 Å². The first kappa shape index (κ1) is 20.8. The van der Waals surface area contributed by atoms with Crippen LogP contribution in [0.4, 0.5) is 4.39 Å². The Morgan fingerprint density at radius 1 is 1.09 bits per heavy atom. The van der Waals surface area contributed by atoms with E-state index in [9.17, 15) is 9.18 Å². The largest absolute Gasteiger partial charge is 0.465 e. The first-order valence-electron chi connectivity index (χ1n) is 9.87. The number of aryl methyl sites for hydroxylation is 1. The highest BCUT2D eigenvalue weighted by Gasteiger charge is 2.18. The van der Waals surface area contributed by atoms with E-state index in [1.54, 1.807) is 30.1 Å². The van der Waals surface area contributed by atoms with Gasteiger partial charge in [0.05, 0.1) is 17.7 Å². The zero-order chi connectivity index (χ0) is 23.1. The Morgan fingerprint density at radius 3 is 2.67 bits per heavy atom. The van der Waals surface area contributed by atoms with Crippen molar-refractivity contribution in [1.82, 2.24) is 19.7 Å². The van der Waals surface area contributed by atoms with Crippen molar-refractivity contribution in [3.8, 4) is 34.0 Å². The van der Waals surface area contributed by atoms with Crippen molar-refractivity contribution in [2.75, 3.05) is 7.11 Å². The molecule has 0 atom stereocenters. The monoisotopic (exact) mass is 462 g/mol. The van der Waals surface area contributed by atoms with Crippen LogP contribution in [-0.4, -0.2) is 32.8 Å². The zero-order valence-corrected chi connectivity index (χ0v) is 18.3. The van der Waals surface area contributed by atoms with Gasteiger partial charge in [0.25, 0.3) is 0 Å². The summed E-state index contributed by atoms with van der Waals surface area (Å²) in [6.45, 7) is 0. The van der Waals surface area contributed by atoms with Gasteiger partial charge in [-0.2, -0.15) is 0 Å². The van der Waals surface area contributed by atoms with Gasteiger partial charge in [0.1, 0.15) is 17.7 Å². The lowest BCUT2D eigenvalue weighted by Crippen LogP contribution is -2.00. The maximum absolute atomic E-state index is 14.1. The molecule has 0 fully saturated rings. The van der Waals surface area contributed by atoms with Gasteiger partial charge in [-0.25, -0.2) is 14.2 Å². The lowest BCUT2D eigenvalue weighted by atomic mass is 9.97. The second-order valence-electron chi connectivity index (χ2n) is 7.35. The third-order valence-electron chi connectivity index (χ3n) is 5.22. The molecule has 9 heteroatoms. The van der Waals surface area contributed by atoms with Crippen LogP contribution in [0.5, 0.6) is 0 Å². The standard InChI is InChI=1S/C24H16ClFN4O3/c1-30-12-27-29-22(30)18-11-16(26)6-7-17(18)13-4-3-5-14(8-13)23-28-20-10-15(24(31)32-2)9-19(25)21(20)33-23/h3-12H,1-2H3. The molecular formula is C24H16ClFN4O3. The molecule has 0 bridgehead atoms. The molecule has 0 spiro atoms. The smallest absolute Gasteiger partial charge is 0.337 e. The summed E-state index contributed by atoms with van der Waals surface area (Å²) in [5.41, 5.74) is 3.97. The molecule has 33 heavy (non-hydrogen) atoms. The van der Waals surface area contributed by atoms with Gasteiger partial charge < -0.3 is 13.7 Å². The van der Waals surface area contributed by atoms with E-state index in [-0.39, 0.29) is 16.4 Å². The number of benzene rings is 3. The molecule has 164 valence electrons. The van der Waals surface area contributed by atoms with Crippen LogP contribution in [0.25, 0.3) is 45.1 Å². The molecule has 0 unspecified atom stereocenters. The van der Waals surface area contributed by atoms with E-state index >= 15 is 0 Å². The van der Waals surface area contributed by atoms with E-state index in [2.05, 4.69) is 15.2 Å². The summed E-state index contributed by atoms with van der Waals surface area (Å²) in [7, 11) is 3.09. The molecule has 0 saturated carbocycles. The number of halogens is 2. The molecule has 5 rings (SSSR count). The number of aromatic nitrogens is 4. The SMILES string of the molecule is COC(=O)c1cc(Cl)c2oc(-c3cccc(-c4ccc(F)cc4-c4nncn4C)c3)nc2c1. The van der Waals surface area contributed by atoms with Crippen molar-refractivity contribution >= 4 is 28.7 Å². The fraction of sp³-hybridized carbons (Fsp3) is 0.0833. The van der Waals surface area contributed by atoms with E-state index in [1.165, 1.54) is 25.3 Å². The molecular weight excluding hydrogens is 447 g/mol. The van der Waals surface area contributed by atoms with E-state index in [0.717, 1.165) is 11.1 Å². The number of nitrogens with zero attached hydrogens (tertiary/aromatic N) is 4. The van der Waals surface area contributed by atoms with Crippen molar-refractivity contribution in [1.29, 1.82) is 0 Å². The summed E-state index contributed by atoms with van der Waals surface area (Å²) < 4.78 is 26.5. The number of carbonyl (C=O) groups excluding carboxylic acids is 1. The minimum atomic E-state index is -0.516. The Labute approximate surface area is 192 Å². The second kappa shape index (κ2) is 8.14. The number of esters is 1. The minimum absolute atomic E-state index is 0.255. The molecule has 0 amide bonds. The molecule has 0 aliphatic heterocycles. The van der Waals surface area contributed by atoms with Crippen LogP contribution in [0.2, 0.25) is 5.02 Å². The van der Waals surface area contributed by atoms with Crippen molar-refractivity contribution in [3.05, 3.63) is 77.3 Å². The van der Waals surface area contributed by atoms with Gasteiger partial charge in [0, 0.05) is 18.2 Å². The van der Waals surface area contributed by atoms with Gasteiger partial charge in [-0.3, -0.25) is 0 Å². The predicted molar refractivity (Wildman–Crippen MR) is 121 cm³/mol. The minimum Gasteiger partial charge on any atom is -0.465 e. The summed E-state index contributed by atoms with van der Waals surface area (Å²) >= 11 is 6.31. The van der Waals surface area contributed by atoms with Gasteiger partial charge in [0.15, 0.2) is 11.4 Å². The van der Waals surface area contributed by atoms with Crippen molar-refractivity contribution in [2.45, 2.75) is 0 Å². The lowest BCUT2D eigenvalue weighted by Gasteiger charge is -2.10.